The smallest absolute Gasteiger partial charge is 0.332 e. The van der Waals surface area contributed by atoms with Crippen LogP contribution in [0.2, 0.25) is 0 Å². The molecule has 1 aromatic carbocycles. The predicted molar refractivity (Wildman–Crippen MR) is 111 cm³/mol. The van der Waals surface area contributed by atoms with Crippen LogP contribution in [0.25, 0.3) is 11.3 Å². The first kappa shape index (κ1) is 23.8. The molecule has 3 aromatic rings. The third-order valence-electron chi connectivity index (χ3n) is 4.38. The molecule has 2 N–H and O–H groups in total. The van der Waals surface area contributed by atoms with Crippen molar-refractivity contribution in [2.24, 2.45) is 0 Å². The lowest BCUT2D eigenvalue weighted by Crippen LogP contribution is -2.22. The van der Waals surface area contributed by atoms with Gasteiger partial charge in [0.2, 0.25) is 0 Å². The second-order valence-corrected chi connectivity index (χ2v) is 8.34. The number of esters is 1. The van der Waals surface area contributed by atoms with Crippen molar-refractivity contribution in [1.29, 1.82) is 0 Å². The number of nitrogens with one attached hydrogen (secondary N) is 1. The lowest BCUT2D eigenvalue weighted by molar-refractivity contribution is -0.145. The number of pyridine rings is 1. The van der Waals surface area contributed by atoms with E-state index in [1.807, 2.05) is 0 Å². The van der Waals surface area contributed by atoms with Crippen molar-refractivity contribution in [2.75, 3.05) is 7.05 Å². The first-order valence-electron chi connectivity index (χ1n) is 9.26. The summed E-state index contributed by atoms with van der Waals surface area (Å²) in [6.45, 7) is 0. The van der Waals surface area contributed by atoms with Crippen LogP contribution in [0, 0.1) is 11.6 Å². The molecule has 172 valence electrons. The summed E-state index contributed by atoms with van der Waals surface area (Å²) in [7, 11) is -2.98. The molecule has 0 saturated carbocycles. The minimum Gasteiger partial charge on any atom is -0.478 e. The van der Waals surface area contributed by atoms with Crippen molar-refractivity contribution in [1.82, 2.24) is 14.3 Å². The largest absolute Gasteiger partial charge is 0.478 e. The van der Waals surface area contributed by atoms with Crippen molar-refractivity contribution in [3.05, 3.63) is 84.3 Å². The van der Waals surface area contributed by atoms with Crippen LogP contribution in [0.5, 0.6) is 0 Å². The van der Waals surface area contributed by atoms with E-state index in [9.17, 15) is 26.8 Å². The topological polar surface area (TPSA) is 128 Å². The molecular formula is C21H17F2N3O6S. The maximum atomic E-state index is 14.6. The number of benzene rings is 1. The van der Waals surface area contributed by atoms with E-state index in [1.165, 1.54) is 25.4 Å². The zero-order chi connectivity index (χ0) is 24.2. The molecule has 0 fully saturated rings. The molecule has 1 unspecified atom stereocenters. The molecule has 12 heteroatoms. The van der Waals surface area contributed by atoms with Crippen molar-refractivity contribution < 1.29 is 36.6 Å². The zero-order valence-electron chi connectivity index (χ0n) is 17.0. The monoisotopic (exact) mass is 477 g/mol. The van der Waals surface area contributed by atoms with Gasteiger partial charge in [-0.05, 0) is 37.4 Å². The van der Waals surface area contributed by atoms with Gasteiger partial charge in [0.25, 0.3) is 10.0 Å². The number of carbonyl (C=O) groups excluding carboxylic acids is 1. The van der Waals surface area contributed by atoms with E-state index in [0.717, 1.165) is 36.7 Å². The van der Waals surface area contributed by atoms with Crippen LogP contribution in [0.3, 0.4) is 0 Å². The van der Waals surface area contributed by atoms with Crippen LogP contribution in [0.4, 0.5) is 8.78 Å². The molecule has 0 radical (unpaired) electrons. The Hall–Kier alpha value is -3.90. The van der Waals surface area contributed by atoms with Gasteiger partial charge in [-0.3, -0.25) is 10.3 Å². The van der Waals surface area contributed by atoms with Crippen molar-refractivity contribution in [2.45, 2.75) is 11.1 Å². The molecule has 33 heavy (non-hydrogen) atoms. The van der Waals surface area contributed by atoms with E-state index in [1.54, 1.807) is 0 Å². The third kappa shape index (κ3) is 5.13. The Balaban J connectivity index is 2.16. The molecule has 0 aliphatic rings. The average molecular weight is 477 g/mol. The molecule has 2 aromatic heterocycles. The van der Waals surface area contributed by atoms with E-state index in [4.69, 9.17) is 9.84 Å². The van der Waals surface area contributed by atoms with Gasteiger partial charge >= 0.3 is 11.9 Å². The van der Waals surface area contributed by atoms with Crippen molar-refractivity contribution in [3.8, 4) is 11.3 Å². The van der Waals surface area contributed by atoms with E-state index in [-0.39, 0.29) is 16.2 Å². The molecule has 1 atom stereocenters. The van der Waals surface area contributed by atoms with Gasteiger partial charge in [0.15, 0.2) is 6.23 Å². The lowest BCUT2D eigenvalue weighted by atomic mass is 10.1. The molecular weight excluding hydrogens is 460 g/mol. The van der Waals surface area contributed by atoms with Gasteiger partial charge < -0.3 is 9.84 Å². The molecule has 0 aliphatic heterocycles. The van der Waals surface area contributed by atoms with Crippen LogP contribution in [0.1, 0.15) is 11.8 Å². The normalized spacial score (nSPS) is 12.6. The predicted octanol–water partition coefficient (Wildman–Crippen LogP) is 2.47. The molecule has 0 bridgehead atoms. The van der Waals surface area contributed by atoms with E-state index in [2.05, 4.69) is 10.3 Å². The quantitative estimate of drug-likeness (QED) is 0.288. The number of halogens is 2. The van der Waals surface area contributed by atoms with Gasteiger partial charge in [0.1, 0.15) is 16.5 Å². The van der Waals surface area contributed by atoms with E-state index < -0.39 is 45.4 Å². The van der Waals surface area contributed by atoms with Crippen molar-refractivity contribution >= 4 is 22.0 Å². The number of hydrogen-bond acceptors (Lipinski definition) is 7. The summed E-state index contributed by atoms with van der Waals surface area (Å²) >= 11 is 0. The third-order valence-corrected chi connectivity index (χ3v) is 6.04. The number of rotatable bonds is 8. The maximum Gasteiger partial charge on any atom is 0.332 e. The van der Waals surface area contributed by atoms with Crippen LogP contribution in [-0.2, 0) is 24.3 Å². The van der Waals surface area contributed by atoms with E-state index >= 15 is 0 Å². The number of aliphatic carboxylic acids is 1. The fourth-order valence-corrected chi connectivity index (χ4v) is 4.27. The highest BCUT2D eigenvalue weighted by molar-refractivity contribution is 7.90. The molecule has 9 nitrogen and oxygen atoms in total. The molecule has 0 saturated heterocycles. The van der Waals surface area contributed by atoms with Gasteiger partial charge in [-0.1, -0.05) is 6.07 Å². The number of carboxylic acids is 1. The summed E-state index contributed by atoms with van der Waals surface area (Å²) in [5, 5.41) is 11.2. The zero-order valence-corrected chi connectivity index (χ0v) is 17.8. The summed E-state index contributed by atoms with van der Waals surface area (Å²) in [5.41, 5.74) is -0.940. The second kappa shape index (κ2) is 9.71. The highest BCUT2D eigenvalue weighted by Gasteiger charge is 2.28. The first-order chi connectivity index (χ1) is 15.6. The van der Waals surface area contributed by atoms with Gasteiger partial charge in [-0.25, -0.2) is 30.8 Å². The minimum absolute atomic E-state index is 0.0275. The van der Waals surface area contributed by atoms with Crippen LogP contribution in [0.15, 0.2) is 72.0 Å². The van der Waals surface area contributed by atoms with Gasteiger partial charge in [-0.2, -0.15) is 0 Å². The van der Waals surface area contributed by atoms with Crippen molar-refractivity contribution in [3.63, 3.8) is 0 Å². The number of hydrogen-bond donors (Lipinski definition) is 2. The molecule has 2 heterocycles. The summed E-state index contributed by atoms with van der Waals surface area (Å²) < 4.78 is 61.4. The molecule has 0 amide bonds. The van der Waals surface area contributed by atoms with Gasteiger partial charge in [0.05, 0.1) is 11.3 Å². The van der Waals surface area contributed by atoms with Crippen LogP contribution < -0.4 is 5.32 Å². The lowest BCUT2D eigenvalue weighted by Gasteiger charge is -2.14. The number of aromatic nitrogens is 2. The van der Waals surface area contributed by atoms with Crippen LogP contribution >= 0.6 is 0 Å². The van der Waals surface area contributed by atoms with Gasteiger partial charge in [0, 0.05) is 36.3 Å². The Labute approximate surface area is 187 Å². The number of nitrogens with zero attached hydrogens (tertiary/aromatic N) is 2. The summed E-state index contributed by atoms with van der Waals surface area (Å²) in [6, 6.07) is 6.86. The standard InChI is InChI=1S/C21H17F2N3O6S/c1-24-21(32-19(29)8-7-18(27)28)13-10-17(20-15(22)5-2-6-16(20)23)26(12-13)33(30,31)14-4-3-9-25-11-14/h2-12,21,24H,1H3,(H,27,28)/b8-7+. The number of carbonyl (C=O) groups is 2. The highest BCUT2D eigenvalue weighted by Crippen LogP contribution is 2.33. The number of carboxylic acid groups (broad SMARTS) is 1. The Morgan fingerprint density at radius 3 is 2.45 bits per heavy atom. The Kier molecular flexibility index (Phi) is 6.99. The van der Waals surface area contributed by atoms with Crippen LogP contribution in [-0.4, -0.2) is 41.5 Å². The second-order valence-electron chi connectivity index (χ2n) is 6.52. The summed E-state index contributed by atoms with van der Waals surface area (Å²) in [5.74, 6) is -4.44. The molecule has 0 aliphatic carbocycles. The molecule has 0 spiro atoms. The van der Waals surface area contributed by atoms with Gasteiger partial charge in [-0.15, -0.1) is 0 Å². The Morgan fingerprint density at radius 1 is 1.18 bits per heavy atom. The van der Waals surface area contributed by atoms with E-state index in [0.29, 0.717) is 16.1 Å². The Morgan fingerprint density at radius 2 is 1.88 bits per heavy atom. The highest BCUT2D eigenvalue weighted by atomic mass is 32.2. The fraction of sp³-hybridized carbons (Fsp3) is 0.0952. The summed E-state index contributed by atoms with van der Waals surface area (Å²) in [4.78, 5) is 26.0. The Bertz CT molecular complexity index is 1300. The average Bonchev–Trinajstić information content (AvgIpc) is 3.22. The maximum absolute atomic E-state index is 14.6. The SMILES string of the molecule is CNC(OC(=O)/C=C/C(=O)O)c1cc(-c2c(F)cccc2F)n(S(=O)(=O)c2cccnc2)c1. The summed E-state index contributed by atoms with van der Waals surface area (Å²) in [6.07, 6.45) is 3.43. The number of ether oxygens (including phenoxy) is 1. The minimum atomic E-state index is -4.36. The first-order valence-corrected chi connectivity index (χ1v) is 10.7. The fourth-order valence-electron chi connectivity index (χ4n) is 2.93. The molecule has 3 rings (SSSR count).